The van der Waals surface area contributed by atoms with Crippen molar-refractivity contribution in [2.24, 2.45) is 5.41 Å². The van der Waals surface area contributed by atoms with Crippen molar-refractivity contribution in [1.82, 2.24) is 5.32 Å². The SMILES string of the molecule is C=CC=C1CCC(C)(C(C)(C)NC2CC2)[C]1=[W]. The van der Waals surface area contributed by atoms with Crippen LogP contribution >= 0.6 is 0 Å². The summed E-state index contributed by atoms with van der Waals surface area (Å²) in [4.78, 5) is 0. The fourth-order valence-electron chi connectivity index (χ4n) is 2.76. The molecule has 0 aromatic carbocycles. The molecule has 0 amide bonds. The molecule has 0 spiro atoms. The van der Waals surface area contributed by atoms with Gasteiger partial charge in [-0.2, -0.15) is 0 Å². The Morgan fingerprint density at radius 2 is 2.12 bits per heavy atom. The van der Waals surface area contributed by atoms with Crippen molar-refractivity contribution in [3.8, 4) is 0 Å². The minimum absolute atomic E-state index is 0.210. The molecule has 2 saturated carbocycles. The maximum atomic E-state index is 3.85. The molecule has 0 bridgehead atoms. The summed E-state index contributed by atoms with van der Waals surface area (Å²) in [6.07, 6.45) is 9.36. The molecule has 2 fully saturated rings. The predicted octanol–water partition coefficient (Wildman–Crippen LogP) is 3.15. The molecule has 2 aliphatic carbocycles. The summed E-state index contributed by atoms with van der Waals surface area (Å²) in [5.41, 5.74) is 2.06. The van der Waals surface area contributed by atoms with Gasteiger partial charge in [0.1, 0.15) is 0 Å². The maximum absolute atomic E-state index is 3.85. The molecule has 94 valence electrons. The van der Waals surface area contributed by atoms with Gasteiger partial charge in [-0.05, 0) is 0 Å². The molecule has 0 aromatic heterocycles. The van der Waals surface area contributed by atoms with E-state index in [1.165, 1.54) is 31.3 Å². The molecule has 0 aliphatic heterocycles. The second kappa shape index (κ2) is 4.59. The summed E-state index contributed by atoms with van der Waals surface area (Å²) in [7, 11) is 0. The van der Waals surface area contributed by atoms with Crippen molar-refractivity contribution >= 4 is 3.90 Å². The van der Waals surface area contributed by atoms with Crippen LogP contribution in [0.1, 0.15) is 46.5 Å². The average Bonchev–Trinajstić information content (AvgIpc) is 3.00. The van der Waals surface area contributed by atoms with Crippen LogP contribution in [0.3, 0.4) is 0 Å². The van der Waals surface area contributed by atoms with E-state index >= 15 is 0 Å². The van der Waals surface area contributed by atoms with Crippen molar-refractivity contribution in [1.29, 1.82) is 0 Å². The second-order valence-electron chi connectivity index (χ2n) is 6.13. The Balaban J connectivity index is 2.21. The van der Waals surface area contributed by atoms with Crippen LogP contribution in [0.2, 0.25) is 0 Å². The quantitative estimate of drug-likeness (QED) is 0.764. The molecule has 2 aliphatic rings. The molecule has 0 heterocycles. The summed E-state index contributed by atoms with van der Waals surface area (Å²) in [6, 6.07) is 0.775. The van der Waals surface area contributed by atoms with Crippen LogP contribution in [-0.4, -0.2) is 15.5 Å². The molecule has 0 radical (unpaired) electrons. The van der Waals surface area contributed by atoms with Gasteiger partial charge in [-0.3, -0.25) is 0 Å². The first-order valence-electron chi connectivity index (χ1n) is 6.55. The molecule has 2 rings (SSSR count). The molecule has 17 heavy (non-hydrogen) atoms. The van der Waals surface area contributed by atoms with Crippen LogP contribution < -0.4 is 5.32 Å². The molecule has 1 unspecified atom stereocenters. The average molecular weight is 401 g/mol. The Morgan fingerprint density at radius 3 is 2.65 bits per heavy atom. The summed E-state index contributed by atoms with van der Waals surface area (Å²) >= 11 is 1.62. The zero-order chi connectivity index (χ0) is 12.7. The molecule has 1 nitrogen and oxygen atoms in total. The number of allylic oxidation sites excluding steroid dienone is 3. The number of hydrogen-bond acceptors (Lipinski definition) is 1. The first-order chi connectivity index (χ1) is 7.90. The van der Waals surface area contributed by atoms with Crippen LogP contribution in [0.5, 0.6) is 0 Å². The van der Waals surface area contributed by atoms with Crippen molar-refractivity contribution in [3.63, 3.8) is 0 Å². The molecule has 0 saturated heterocycles. The van der Waals surface area contributed by atoms with Gasteiger partial charge < -0.3 is 0 Å². The zero-order valence-corrected chi connectivity index (χ0v) is 14.1. The third kappa shape index (κ3) is 2.42. The van der Waals surface area contributed by atoms with Crippen molar-refractivity contribution < 1.29 is 19.4 Å². The van der Waals surface area contributed by atoms with E-state index in [9.17, 15) is 0 Å². The van der Waals surface area contributed by atoms with Crippen molar-refractivity contribution in [3.05, 3.63) is 24.3 Å². The molecule has 2 heteroatoms. The first kappa shape index (κ1) is 13.4. The Labute approximate surface area is 116 Å². The van der Waals surface area contributed by atoms with E-state index in [0.29, 0.717) is 5.41 Å². The fraction of sp³-hybridized carbons (Fsp3) is 0.667. The molecule has 1 atom stereocenters. The van der Waals surface area contributed by atoms with E-state index < -0.39 is 0 Å². The van der Waals surface area contributed by atoms with E-state index in [0.717, 1.165) is 6.04 Å². The van der Waals surface area contributed by atoms with Crippen LogP contribution in [0.4, 0.5) is 0 Å². The van der Waals surface area contributed by atoms with E-state index in [1.807, 2.05) is 6.08 Å². The molecule has 0 aromatic rings. The summed E-state index contributed by atoms with van der Waals surface area (Å²) in [5, 5.41) is 3.85. The van der Waals surface area contributed by atoms with Crippen LogP contribution in [0.15, 0.2) is 24.3 Å². The van der Waals surface area contributed by atoms with Crippen LogP contribution in [0.25, 0.3) is 0 Å². The van der Waals surface area contributed by atoms with Crippen LogP contribution in [0, 0.1) is 5.41 Å². The van der Waals surface area contributed by atoms with E-state index in [4.69, 9.17) is 0 Å². The normalized spacial score (nSPS) is 32.2. The summed E-state index contributed by atoms with van der Waals surface area (Å²) < 4.78 is 1.63. The Morgan fingerprint density at radius 1 is 1.47 bits per heavy atom. The van der Waals surface area contributed by atoms with Gasteiger partial charge in [-0.25, -0.2) is 0 Å². The Hall–Kier alpha value is -0.00169. The van der Waals surface area contributed by atoms with Gasteiger partial charge in [0.15, 0.2) is 0 Å². The topological polar surface area (TPSA) is 12.0 Å². The number of hydrogen-bond donors (Lipinski definition) is 1. The Bertz CT molecular complexity index is 376. The minimum atomic E-state index is 0.210. The van der Waals surface area contributed by atoms with E-state index in [2.05, 4.69) is 38.7 Å². The number of rotatable bonds is 4. The van der Waals surface area contributed by atoms with Gasteiger partial charge >= 0.3 is 116 Å². The van der Waals surface area contributed by atoms with E-state index in [1.54, 1.807) is 23.3 Å². The van der Waals surface area contributed by atoms with Crippen molar-refractivity contribution in [2.45, 2.75) is 58.0 Å². The van der Waals surface area contributed by atoms with Gasteiger partial charge in [-0.15, -0.1) is 0 Å². The van der Waals surface area contributed by atoms with Crippen LogP contribution in [-0.2, 0) is 19.4 Å². The van der Waals surface area contributed by atoms with E-state index in [-0.39, 0.29) is 5.54 Å². The summed E-state index contributed by atoms with van der Waals surface area (Å²) in [5.74, 6) is 0. The van der Waals surface area contributed by atoms with Gasteiger partial charge in [0.2, 0.25) is 0 Å². The van der Waals surface area contributed by atoms with Crippen molar-refractivity contribution in [2.75, 3.05) is 0 Å². The standard InChI is InChI=1S/C15H23N.W/c1-5-6-12-9-10-15(4,11-12)14(2,3)16-13-7-8-13;/h5-6,13,16H,1,7-10H2,2-4H3;. The number of nitrogens with one attached hydrogen (secondary N) is 1. The third-order valence-corrected chi connectivity index (χ3v) is 7.09. The molecular formula is C15H23NW. The first-order valence-corrected chi connectivity index (χ1v) is 8.01. The monoisotopic (exact) mass is 401 g/mol. The third-order valence-electron chi connectivity index (χ3n) is 4.53. The Kier molecular flexibility index (Phi) is 3.63. The second-order valence-corrected chi connectivity index (χ2v) is 7.60. The summed E-state index contributed by atoms with van der Waals surface area (Å²) in [6.45, 7) is 11.0. The van der Waals surface area contributed by atoms with Gasteiger partial charge in [-0.1, -0.05) is 0 Å². The molecule has 1 N–H and O–H groups in total. The zero-order valence-electron chi connectivity index (χ0n) is 11.2. The molecular weight excluding hydrogens is 378 g/mol. The van der Waals surface area contributed by atoms with Gasteiger partial charge in [0, 0.05) is 0 Å². The van der Waals surface area contributed by atoms with Gasteiger partial charge in [0.25, 0.3) is 0 Å². The predicted molar refractivity (Wildman–Crippen MR) is 70.9 cm³/mol. The fourth-order valence-corrected chi connectivity index (χ4v) is 4.66. The van der Waals surface area contributed by atoms with Gasteiger partial charge in [0.05, 0.1) is 0 Å².